The average Bonchev–Trinajstić information content (AvgIpc) is 2.87. The molecule has 8 heteroatoms. The molecule has 0 spiro atoms. The van der Waals surface area contributed by atoms with Gasteiger partial charge in [0.25, 0.3) is 11.8 Å². The fourth-order valence-electron chi connectivity index (χ4n) is 2.85. The largest absolute Gasteiger partial charge is 0.495 e. The zero-order valence-corrected chi connectivity index (χ0v) is 16.5. The molecule has 2 rings (SSSR count). The number of ether oxygens (including phenoxy) is 1. The summed E-state index contributed by atoms with van der Waals surface area (Å²) in [6.07, 6.45) is 0. The topological polar surface area (TPSA) is 89.7 Å². The second-order valence-electron chi connectivity index (χ2n) is 6.42. The summed E-state index contributed by atoms with van der Waals surface area (Å²) >= 11 is 0. The maximum Gasteiger partial charge on any atom is 0.279 e. The van der Waals surface area contributed by atoms with Gasteiger partial charge in [0.05, 0.1) is 36.4 Å². The van der Waals surface area contributed by atoms with E-state index in [4.69, 9.17) is 4.74 Å². The van der Waals surface area contributed by atoms with Crippen molar-refractivity contribution in [2.75, 3.05) is 37.4 Å². The lowest BCUT2D eigenvalue weighted by Gasteiger charge is -2.17. The van der Waals surface area contributed by atoms with Crippen molar-refractivity contribution < 1.29 is 19.2 Å². The molecule has 2 aromatic rings. The minimum absolute atomic E-state index is 0.142. The number of likely N-dealkylation sites (N-methyl/N-ethyl adjacent to an activating group) is 1. The first-order chi connectivity index (χ1) is 12.8. The molecule has 0 fully saturated rings. The van der Waals surface area contributed by atoms with E-state index in [-0.39, 0.29) is 24.9 Å². The van der Waals surface area contributed by atoms with Crippen LogP contribution in [0.1, 0.15) is 18.3 Å². The van der Waals surface area contributed by atoms with Gasteiger partial charge in [-0.15, -0.1) is 0 Å². The van der Waals surface area contributed by atoms with Crippen molar-refractivity contribution in [3.63, 3.8) is 0 Å². The van der Waals surface area contributed by atoms with Crippen LogP contribution in [0.15, 0.2) is 24.3 Å². The SMILES string of the molecule is CC[NH+](CC(=O)Nc1ccccc1OC)CC(=O)Nc1c(C)nn(C)c1C. The van der Waals surface area contributed by atoms with Crippen LogP contribution in [0.2, 0.25) is 0 Å². The number of nitrogens with one attached hydrogen (secondary N) is 3. The Bertz CT molecular complexity index is 816. The Morgan fingerprint density at radius 1 is 1.15 bits per heavy atom. The van der Waals surface area contributed by atoms with Crippen molar-refractivity contribution >= 4 is 23.2 Å². The molecule has 0 saturated heterocycles. The summed E-state index contributed by atoms with van der Waals surface area (Å²) in [4.78, 5) is 25.6. The van der Waals surface area contributed by atoms with Gasteiger partial charge in [0.1, 0.15) is 5.75 Å². The highest BCUT2D eigenvalue weighted by atomic mass is 16.5. The number of nitrogens with zero attached hydrogens (tertiary/aromatic N) is 2. The maximum atomic E-state index is 12.4. The first kappa shape index (κ1) is 20.4. The van der Waals surface area contributed by atoms with Crippen LogP contribution in [0.5, 0.6) is 5.75 Å². The number of hydrogen-bond acceptors (Lipinski definition) is 4. The lowest BCUT2D eigenvalue weighted by atomic mass is 10.3. The second kappa shape index (κ2) is 9.18. The van der Waals surface area contributed by atoms with E-state index in [1.807, 2.05) is 40.0 Å². The molecule has 8 nitrogen and oxygen atoms in total. The van der Waals surface area contributed by atoms with Crippen molar-refractivity contribution in [1.29, 1.82) is 0 Å². The van der Waals surface area contributed by atoms with Gasteiger partial charge in [0.2, 0.25) is 0 Å². The third-order valence-corrected chi connectivity index (χ3v) is 4.48. The summed E-state index contributed by atoms with van der Waals surface area (Å²) in [5.74, 6) is 0.290. The molecule has 3 N–H and O–H groups in total. The van der Waals surface area contributed by atoms with Gasteiger partial charge in [-0.05, 0) is 32.9 Å². The molecule has 146 valence electrons. The normalized spacial score (nSPS) is 11.7. The highest BCUT2D eigenvalue weighted by Crippen LogP contribution is 2.22. The molecule has 1 unspecified atom stereocenters. The number of anilines is 2. The van der Waals surface area contributed by atoms with Crippen molar-refractivity contribution in [3.05, 3.63) is 35.7 Å². The summed E-state index contributed by atoms with van der Waals surface area (Å²) in [6.45, 7) is 6.74. The molecule has 0 bridgehead atoms. The van der Waals surface area contributed by atoms with E-state index < -0.39 is 0 Å². The molecule has 0 aliphatic rings. The second-order valence-corrected chi connectivity index (χ2v) is 6.42. The molecule has 1 aromatic carbocycles. The molecular formula is C19H28N5O3+. The smallest absolute Gasteiger partial charge is 0.279 e. The lowest BCUT2D eigenvalue weighted by molar-refractivity contribution is -0.881. The van der Waals surface area contributed by atoms with E-state index in [2.05, 4.69) is 15.7 Å². The minimum atomic E-state index is -0.169. The zero-order valence-electron chi connectivity index (χ0n) is 16.5. The first-order valence-corrected chi connectivity index (χ1v) is 8.92. The lowest BCUT2D eigenvalue weighted by Crippen LogP contribution is -3.13. The fourth-order valence-corrected chi connectivity index (χ4v) is 2.85. The number of amides is 2. The third-order valence-electron chi connectivity index (χ3n) is 4.48. The number of hydrogen-bond donors (Lipinski definition) is 3. The Morgan fingerprint density at radius 3 is 2.33 bits per heavy atom. The molecule has 27 heavy (non-hydrogen) atoms. The molecular weight excluding hydrogens is 346 g/mol. The van der Waals surface area contributed by atoms with Crippen LogP contribution in [0.25, 0.3) is 0 Å². The Kier molecular flexibility index (Phi) is 6.95. The minimum Gasteiger partial charge on any atom is -0.495 e. The number of carbonyl (C=O) groups is 2. The summed E-state index contributed by atoms with van der Waals surface area (Å²) in [5, 5.41) is 10.0. The Morgan fingerprint density at radius 2 is 1.78 bits per heavy atom. The van der Waals surface area contributed by atoms with Gasteiger partial charge in [-0.1, -0.05) is 12.1 Å². The van der Waals surface area contributed by atoms with Gasteiger partial charge in [0, 0.05) is 7.05 Å². The molecule has 0 aliphatic heterocycles. The van der Waals surface area contributed by atoms with Crippen LogP contribution < -0.4 is 20.3 Å². The Balaban J connectivity index is 1.94. The highest BCUT2D eigenvalue weighted by Gasteiger charge is 2.19. The van der Waals surface area contributed by atoms with Gasteiger partial charge in [0.15, 0.2) is 13.1 Å². The maximum absolute atomic E-state index is 12.4. The van der Waals surface area contributed by atoms with E-state index in [9.17, 15) is 9.59 Å². The van der Waals surface area contributed by atoms with Gasteiger partial charge in [-0.25, -0.2) is 0 Å². The summed E-state index contributed by atoms with van der Waals surface area (Å²) < 4.78 is 6.97. The monoisotopic (exact) mass is 374 g/mol. The summed E-state index contributed by atoms with van der Waals surface area (Å²) in [7, 11) is 3.39. The van der Waals surface area contributed by atoms with Gasteiger partial charge < -0.3 is 20.3 Å². The zero-order chi connectivity index (χ0) is 20.0. The van der Waals surface area contributed by atoms with Crippen molar-refractivity contribution in [1.82, 2.24) is 9.78 Å². The number of quaternary nitrogens is 1. The number of para-hydroxylation sites is 2. The van der Waals surface area contributed by atoms with Crippen LogP contribution in [0, 0.1) is 13.8 Å². The van der Waals surface area contributed by atoms with Crippen LogP contribution >= 0.6 is 0 Å². The molecule has 0 saturated carbocycles. The number of benzene rings is 1. The van der Waals surface area contributed by atoms with Crippen LogP contribution in [-0.2, 0) is 16.6 Å². The number of rotatable bonds is 8. The van der Waals surface area contributed by atoms with Crippen molar-refractivity contribution in [3.8, 4) is 5.75 Å². The van der Waals surface area contributed by atoms with Crippen molar-refractivity contribution in [2.45, 2.75) is 20.8 Å². The predicted octanol–water partition coefficient (Wildman–Crippen LogP) is 0.528. The molecule has 1 aromatic heterocycles. The predicted molar refractivity (Wildman–Crippen MR) is 104 cm³/mol. The van der Waals surface area contributed by atoms with E-state index in [0.29, 0.717) is 18.0 Å². The summed E-state index contributed by atoms with van der Waals surface area (Å²) in [6, 6.07) is 7.23. The number of aryl methyl sites for hydroxylation is 2. The molecule has 1 heterocycles. The van der Waals surface area contributed by atoms with E-state index >= 15 is 0 Å². The Labute approximate surface area is 159 Å². The molecule has 1 atom stereocenters. The van der Waals surface area contributed by atoms with Crippen molar-refractivity contribution in [2.24, 2.45) is 7.05 Å². The highest BCUT2D eigenvalue weighted by molar-refractivity contribution is 5.94. The number of carbonyl (C=O) groups excluding carboxylic acids is 2. The summed E-state index contributed by atoms with van der Waals surface area (Å²) in [5.41, 5.74) is 3.02. The van der Waals surface area contributed by atoms with E-state index in [1.165, 1.54) is 0 Å². The molecule has 0 aliphatic carbocycles. The van der Waals surface area contributed by atoms with Crippen LogP contribution in [-0.4, -0.2) is 48.3 Å². The van der Waals surface area contributed by atoms with Gasteiger partial charge in [-0.3, -0.25) is 14.3 Å². The number of methoxy groups -OCH3 is 1. The molecule has 0 radical (unpaired) electrons. The average molecular weight is 374 g/mol. The first-order valence-electron chi connectivity index (χ1n) is 8.92. The van der Waals surface area contributed by atoms with Crippen LogP contribution in [0.4, 0.5) is 11.4 Å². The van der Waals surface area contributed by atoms with Gasteiger partial charge >= 0.3 is 0 Å². The fraction of sp³-hybridized carbons (Fsp3) is 0.421. The number of aromatic nitrogens is 2. The van der Waals surface area contributed by atoms with E-state index in [0.717, 1.165) is 22.0 Å². The van der Waals surface area contributed by atoms with Gasteiger partial charge in [-0.2, -0.15) is 5.10 Å². The third kappa shape index (κ3) is 5.30. The quantitative estimate of drug-likeness (QED) is 0.629. The molecule has 2 amide bonds. The Hall–Kier alpha value is -2.87. The van der Waals surface area contributed by atoms with E-state index in [1.54, 1.807) is 23.9 Å². The standard InChI is InChI=1S/C19H27N5O3/c1-6-24(11-17(25)20-15-9-7-8-10-16(15)27-5)12-18(26)21-19-13(2)22-23(4)14(19)3/h7-10H,6,11-12H2,1-5H3,(H,20,25)(H,21,26)/p+1. The van der Waals surface area contributed by atoms with Crippen LogP contribution in [0.3, 0.4) is 0 Å².